The third-order valence-corrected chi connectivity index (χ3v) is 5.13. The average molecular weight is 286 g/mol. The van der Waals surface area contributed by atoms with Gasteiger partial charge in [0.1, 0.15) is 10.6 Å². The monoisotopic (exact) mass is 286 g/mol. The quantitative estimate of drug-likeness (QED) is 0.870. The number of hydrogen-bond acceptors (Lipinski definition) is 3. The molecule has 1 fully saturated rings. The van der Waals surface area contributed by atoms with Gasteiger partial charge in [-0.3, -0.25) is 0 Å². The second-order valence-corrected chi connectivity index (χ2v) is 6.83. The van der Waals surface area contributed by atoms with E-state index < -0.39 is 16.0 Å². The summed E-state index contributed by atoms with van der Waals surface area (Å²) < 4.78 is 28.4. The number of aromatic nitrogens is 1. The molecule has 1 saturated carbocycles. The van der Waals surface area contributed by atoms with Gasteiger partial charge in [0.2, 0.25) is 10.0 Å². The first-order valence-electron chi connectivity index (χ1n) is 6.23. The van der Waals surface area contributed by atoms with Crippen molar-refractivity contribution in [3.63, 3.8) is 0 Å². The van der Waals surface area contributed by atoms with Crippen LogP contribution in [0.15, 0.2) is 17.2 Å². The van der Waals surface area contributed by atoms with E-state index in [1.54, 1.807) is 0 Å². The van der Waals surface area contributed by atoms with Crippen LogP contribution < -0.4 is 4.72 Å². The van der Waals surface area contributed by atoms with Crippen LogP contribution in [-0.2, 0) is 17.1 Å². The molecule has 2 unspecified atom stereocenters. The number of aromatic carboxylic acids is 1. The summed E-state index contributed by atoms with van der Waals surface area (Å²) in [4.78, 5) is 10.9. The Morgan fingerprint density at radius 3 is 2.63 bits per heavy atom. The summed E-state index contributed by atoms with van der Waals surface area (Å²) in [6.07, 6.45) is 4.19. The molecule has 1 aliphatic rings. The molecule has 7 heteroatoms. The lowest BCUT2D eigenvalue weighted by Crippen LogP contribution is -2.36. The molecule has 0 spiro atoms. The molecule has 2 rings (SSSR count). The van der Waals surface area contributed by atoms with E-state index in [9.17, 15) is 13.2 Å². The highest BCUT2D eigenvalue weighted by molar-refractivity contribution is 7.89. The maximum atomic E-state index is 12.2. The summed E-state index contributed by atoms with van der Waals surface area (Å²) in [5, 5.41) is 8.93. The molecular weight excluding hydrogens is 268 g/mol. The van der Waals surface area contributed by atoms with Crippen LogP contribution in [0.1, 0.15) is 36.7 Å². The van der Waals surface area contributed by atoms with Crippen molar-refractivity contribution < 1.29 is 18.3 Å². The number of nitrogens with zero attached hydrogens (tertiary/aromatic N) is 1. The number of nitrogens with one attached hydrogen (secondary N) is 1. The fraction of sp³-hybridized carbons (Fsp3) is 0.583. The molecule has 0 aliphatic heterocycles. The van der Waals surface area contributed by atoms with Crippen molar-refractivity contribution in [2.75, 3.05) is 0 Å². The maximum Gasteiger partial charge on any atom is 0.352 e. The lowest BCUT2D eigenvalue weighted by atomic mass is 10.1. The summed E-state index contributed by atoms with van der Waals surface area (Å²) in [7, 11) is -2.13. The van der Waals surface area contributed by atoms with Crippen LogP contribution in [0.2, 0.25) is 0 Å². The van der Waals surface area contributed by atoms with Crippen LogP contribution in [0.4, 0.5) is 0 Å². The van der Waals surface area contributed by atoms with Crippen LogP contribution in [0.3, 0.4) is 0 Å². The van der Waals surface area contributed by atoms with Crippen molar-refractivity contribution in [1.82, 2.24) is 9.29 Å². The Morgan fingerprint density at radius 1 is 1.47 bits per heavy atom. The van der Waals surface area contributed by atoms with Gasteiger partial charge >= 0.3 is 5.97 Å². The van der Waals surface area contributed by atoms with Crippen molar-refractivity contribution in [1.29, 1.82) is 0 Å². The Hall–Kier alpha value is -1.34. The number of carboxylic acid groups (broad SMARTS) is 1. The van der Waals surface area contributed by atoms with Gasteiger partial charge in [0, 0.05) is 19.3 Å². The van der Waals surface area contributed by atoms with E-state index in [0.717, 1.165) is 19.3 Å². The molecule has 1 aromatic heterocycles. The first-order chi connectivity index (χ1) is 8.81. The van der Waals surface area contributed by atoms with Crippen LogP contribution >= 0.6 is 0 Å². The molecule has 0 saturated heterocycles. The zero-order valence-corrected chi connectivity index (χ0v) is 11.8. The van der Waals surface area contributed by atoms with Gasteiger partial charge in [0.25, 0.3) is 0 Å². The van der Waals surface area contributed by atoms with Crippen LogP contribution in [0.5, 0.6) is 0 Å². The summed E-state index contributed by atoms with van der Waals surface area (Å²) in [5.41, 5.74) is -0.0418. The van der Waals surface area contributed by atoms with Crippen LogP contribution in [-0.4, -0.2) is 30.1 Å². The number of sulfonamides is 1. The van der Waals surface area contributed by atoms with Crippen LogP contribution in [0, 0.1) is 5.92 Å². The highest BCUT2D eigenvalue weighted by Gasteiger charge is 2.29. The highest BCUT2D eigenvalue weighted by atomic mass is 32.2. The maximum absolute atomic E-state index is 12.2. The standard InChI is InChI=1S/C12H18N2O4S/c1-8-4-3-5-10(8)13-19(17,18)9-6-11(12(15)16)14(2)7-9/h6-8,10,13H,3-5H2,1-2H3,(H,15,16). The van der Waals surface area contributed by atoms with Crippen molar-refractivity contribution in [2.45, 2.75) is 37.1 Å². The third-order valence-electron chi connectivity index (χ3n) is 3.68. The van der Waals surface area contributed by atoms with E-state index >= 15 is 0 Å². The minimum absolute atomic E-state index is 0.00602. The molecule has 2 atom stereocenters. The average Bonchev–Trinajstić information content (AvgIpc) is 2.86. The topological polar surface area (TPSA) is 88.4 Å². The normalized spacial score (nSPS) is 23.7. The number of hydrogen-bond donors (Lipinski definition) is 2. The summed E-state index contributed by atoms with van der Waals surface area (Å²) in [6, 6.07) is 1.13. The highest BCUT2D eigenvalue weighted by Crippen LogP contribution is 2.26. The van der Waals surface area contributed by atoms with Gasteiger partial charge in [-0.1, -0.05) is 13.3 Å². The van der Waals surface area contributed by atoms with E-state index in [1.807, 2.05) is 6.92 Å². The van der Waals surface area contributed by atoms with Crippen LogP contribution in [0.25, 0.3) is 0 Å². The Kier molecular flexibility index (Phi) is 3.69. The zero-order chi connectivity index (χ0) is 14.2. The van der Waals surface area contributed by atoms with Crippen molar-refractivity contribution in [3.8, 4) is 0 Å². The molecule has 19 heavy (non-hydrogen) atoms. The fourth-order valence-corrected chi connectivity index (χ4v) is 3.93. The first-order valence-corrected chi connectivity index (χ1v) is 7.71. The molecule has 1 heterocycles. The Labute approximate surface area is 112 Å². The largest absolute Gasteiger partial charge is 0.477 e. The molecule has 2 N–H and O–H groups in total. The Morgan fingerprint density at radius 2 is 2.16 bits per heavy atom. The van der Waals surface area contributed by atoms with Gasteiger partial charge in [-0.05, 0) is 24.8 Å². The Bertz CT molecular complexity index is 591. The molecule has 0 radical (unpaired) electrons. The van der Waals surface area contributed by atoms with E-state index in [0.29, 0.717) is 5.92 Å². The van der Waals surface area contributed by atoms with Gasteiger partial charge in [-0.2, -0.15) is 0 Å². The van der Waals surface area contributed by atoms with E-state index in [-0.39, 0.29) is 16.6 Å². The van der Waals surface area contributed by atoms with E-state index in [1.165, 1.54) is 23.9 Å². The number of rotatable bonds is 4. The van der Waals surface area contributed by atoms with E-state index in [4.69, 9.17) is 5.11 Å². The Balaban J connectivity index is 2.24. The summed E-state index contributed by atoms with van der Waals surface area (Å²) in [5.74, 6) is -0.824. The molecule has 1 aliphatic carbocycles. The third kappa shape index (κ3) is 2.82. The van der Waals surface area contributed by atoms with Gasteiger partial charge in [-0.15, -0.1) is 0 Å². The minimum atomic E-state index is -3.65. The summed E-state index contributed by atoms with van der Waals surface area (Å²) in [6.45, 7) is 2.02. The predicted molar refractivity (Wildman–Crippen MR) is 69.5 cm³/mol. The fourth-order valence-electron chi connectivity index (χ4n) is 2.48. The molecule has 0 amide bonds. The predicted octanol–water partition coefficient (Wildman–Crippen LogP) is 1.19. The molecule has 1 aromatic rings. The van der Waals surface area contributed by atoms with E-state index in [2.05, 4.69) is 4.72 Å². The lowest BCUT2D eigenvalue weighted by molar-refractivity contribution is 0.0686. The molecule has 106 valence electrons. The second kappa shape index (κ2) is 4.97. The molecule has 0 aromatic carbocycles. The first kappa shape index (κ1) is 14.1. The molecular formula is C12H18N2O4S. The minimum Gasteiger partial charge on any atom is -0.477 e. The molecule has 0 bridgehead atoms. The van der Waals surface area contributed by atoms with Gasteiger partial charge in [0.15, 0.2) is 0 Å². The number of aryl methyl sites for hydroxylation is 1. The van der Waals surface area contributed by atoms with Crippen molar-refractivity contribution >= 4 is 16.0 Å². The number of carboxylic acids is 1. The summed E-state index contributed by atoms with van der Waals surface area (Å²) >= 11 is 0. The molecule has 6 nitrogen and oxygen atoms in total. The van der Waals surface area contributed by atoms with Crippen molar-refractivity contribution in [2.24, 2.45) is 13.0 Å². The van der Waals surface area contributed by atoms with Gasteiger partial charge < -0.3 is 9.67 Å². The van der Waals surface area contributed by atoms with Gasteiger partial charge in [0.05, 0.1) is 0 Å². The number of carbonyl (C=O) groups is 1. The van der Waals surface area contributed by atoms with Gasteiger partial charge in [-0.25, -0.2) is 17.9 Å². The zero-order valence-electron chi connectivity index (χ0n) is 11.0. The van der Waals surface area contributed by atoms with Crippen molar-refractivity contribution in [3.05, 3.63) is 18.0 Å². The smallest absolute Gasteiger partial charge is 0.352 e. The second-order valence-electron chi connectivity index (χ2n) is 5.11. The SMILES string of the molecule is CC1CCCC1NS(=O)(=O)c1cc(C(=O)O)n(C)c1. The lowest BCUT2D eigenvalue weighted by Gasteiger charge is -2.16.